The van der Waals surface area contributed by atoms with Crippen LogP contribution in [-0.4, -0.2) is 0 Å². The molecule has 0 aromatic heterocycles. The first-order valence-corrected chi connectivity index (χ1v) is 12.0. The van der Waals surface area contributed by atoms with Crippen molar-refractivity contribution in [3.05, 3.63) is 58.9 Å². The van der Waals surface area contributed by atoms with Gasteiger partial charge in [-0.1, -0.05) is 69.7 Å². The maximum absolute atomic E-state index is 14.0. The lowest BCUT2D eigenvalue weighted by molar-refractivity contribution is 0.183. The van der Waals surface area contributed by atoms with Crippen LogP contribution in [0.5, 0.6) is 0 Å². The number of benzene rings is 2. The minimum Gasteiger partial charge on any atom is -0.206 e. The average Bonchev–Trinajstić information content (AvgIpc) is 2.79. The molecule has 0 aliphatic heterocycles. The van der Waals surface area contributed by atoms with Crippen LogP contribution >= 0.6 is 0 Å². The van der Waals surface area contributed by atoms with Crippen molar-refractivity contribution in [1.29, 1.82) is 5.26 Å². The molecule has 1 saturated carbocycles. The molecule has 2 aliphatic carbocycles. The Morgan fingerprint density at radius 2 is 1.67 bits per heavy atom. The number of hydrogen-bond acceptors (Lipinski definition) is 1. The number of aryl methyl sites for hydroxylation is 1. The molecule has 4 rings (SSSR count). The number of unbranched alkanes of at least 4 members (excludes halogenated alkanes) is 2. The van der Waals surface area contributed by atoms with Crippen molar-refractivity contribution in [2.75, 3.05) is 0 Å². The van der Waals surface area contributed by atoms with E-state index in [1.807, 2.05) is 12.1 Å². The highest BCUT2D eigenvalue weighted by molar-refractivity contribution is 5.66. The third-order valence-corrected chi connectivity index (χ3v) is 7.67. The average molecular weight is 404 g/mol. The molecule has 0 spiro atoms. The zero-order valence-electron chi connectivity index (χ0n) is 18.3. The predicted octanol–water partition coefficient (Wildman–Crippen LogP) is 7.86. The van der Waals surface area contributed by atoms with E-state index in [-0.39, 0.29) is 5.56 Å². The monoisotopic (exact) mass is 403 g/mol. The fourth-order valence-electron chi connectivity index (χ4n) is 5.78. The van der Waals surface area contributed by atoms with E-state index in [9.17, 15) is 4.39 Å². The van der Waals surface area contributed by atoms with Gasteiger partial charge >= 0.3 is 0 Å². The number of hydrogen-bond donors (Lipinski definition) is 0. The summed E-state index contributed by atoms with van der Waals surface area (Å²) in [7, 11) is 0. The first kappa shape index (κ1) is 21.1. The Kier molecular flexibility index (Phi) is 6.88. The summed E-state index contributed by atoms with van der Waals surface area (Å²) in [6.45, 7) is 2.30. The van der Waals surface area contributed by atoms with E-state index < -0.39 is 5.82 Å². The van der Waals surface area contributed by atoms with Crippen molar-refractivity contribution >= 4 is 0 Å². The molecule has 0 N–H and O–H groups in total. The van der Waals surface area contributed by atoms with Crippen molar-refractivity contribution in [3.8, 4) is 17.2 Å². The van der Waals surface area contributed by atoms with Crippen LogP contribution in [-0.2, 0) is 12.8 Å². The number of halogens is 1. The molecule has 1 unspecified atom stereocenters. The quantitative estimate of drug-likeness (QED) is 0.450. The number of nitriles is 1. The standard InChI is InChI=1S/C28H34FN/c1-2-3-4-5-20-6-8-21(9-7-20)22-10-11-24-17-25(13-12-23(24)16-22)26-14-15-27(19-30)28(29)18-26/h12-15,17-18,20-22H,2-11,16H2,1H3. The molecule has 158 valence electrons. The van der Waals surface area contributed by atoms with Gasteiger partial charge in [0.15, 0.2) is 0 Å². The van der Waals surface area contributed by atoms with Crippen LogP contribution in [0.25, 0.3) is 11.1 Å². The minimum atomic E-state index is -0.432. The van der Waals surface area contributed by atoms with Crippen molar-refractivity contribution in [2.24, 2.45) is 17.8 Å². The summed E-state index contributed by atoms with van der Waals surface area (Å²) in [6, 6.07) is 13.5. The molecule has 0 amide bonds. The summed E-state index contributed by atoms with van der Waals surface area (Å²) >= 11 is 0. The van der Waals surface area contributed by atoms with E-state index in [4.69, 9.17) is 5.26 Å². The third kappa shape index (κ3) is 4.77. The van der Waals surface area contributed by atoms with Gasteiger partial charge in [-0.15, -0.1) is 0 Å². The zero-order valence-corrected chi connectivity index (χ0v) is 18.3. The predicted molar refractivity (Wildman–Crippen MR) is 122 cm³/mol. The summed E-state index contributed by atoms with van der Waals surface area (Å²) in [4.78, 5) is 0. The summed E-state index contributed by atoms with van der Waals surface area (Å²) in [5, 5.41) is 8.94. The second-order valence-electron chi connectivity index (χ2n) is 9.57. The van der Waals surface area contributed by atoms with Gasteiger partial charge in [-0.2, -0.15) is 5.26 Å². The molecule has 0 saturated heterocycles. The van der Waals surface area contributed by atoms with Gasteiger partial charge < -0.3 is 0 Å². The van der Waals surface area contributed by atoms with Crippen LogP contribution < -0.4 is 0 Å². The van der Waals surface area contributed by atoms with E-state index in [1.54, 1.807) is 6.07 Å². The second kappa shape index (κ2) is 9.78. The molecule has 1 nitrogen and oxygen atoms in total. The summed E-state index contributed by atoms with van der Waals surface area (Å²) < 4.78 is 14.0. The van der Waals surface area contributed by atoms with E-state index >= 15 is 0 Å². The van der Waals surface area contributed by atoms with Crippen molar-refractivity contribution in [1.82, 2.24) is 0 Å². The van der Waals surface area contributed by atoms with Crippen LogP contribution in [0.3, 0.4) is 0 Å². The molecule has 0 radical (unpaired) electrons. The summed E-state index contributed by atoms with van der Waals surface area (Å²) in [5.41, 5.74) is 4.96. The van der Waals surface area contributed by atoms with Gasteiger partial charge in [-0.05, 0) is 84.2 Å². The van der Waals surface area contributed by atoms with Crippen LogP contribution in [0, 0.1) is 34.9 Å². The lowest BCUT2D eigenvalue weighted by atomic mass is 9.69. The van der Waals surface area contributed by atoms with Gasteiger partial charge in [0.05, 0.1) is 5.56 Å². The van der Waals surface area contributed by atoms with Gasteiger partial charge in [0.25, 0.3) is 0 Å². The molecule has 2 heteroatoms. The fraction of sp³-hybridized carbons (Fsp3) is 0.536. The zero-order chi connectivity index (χ0) is 20.9. The molecule has 2 aromatic rings. The van der Waals surface area contributed by atoms with E-state index in [1.165, 1.54) is 81.4 Å². The van der Waals surface area contributed by atoms with Crippen LogP contribution in [0.15, 0.2) is 36.4 Å². The Hall–Kier alpha value is -2.14. The van der Waals surface area contributed by atoms with Crippen molar-refractivity contribution < 1.29 is 4.39 Å². The van der Waals surface area contributed by atoms with Crippen molar-refractivity contribution in [3.63, 3.8) is 0 Å². The summed E-state index contributed by atoms with van der Waals surface area (Å²) in [6.07, 6.45) is 15.0. The Balaban J connectivity index is 1.37. The molecule has 2 aliphatic rings. The molecule has 1 fully saturated rings. The molecule has 30 heavy (non-hydrogen) atoms. The van der Waals surface area contributed by atoms with Gasteiger partial charge in [0.2, 0.25) is 0 Å². The van der Waals surface area contributed by atoms with Crippen LogP contribution in [0.1, 0.15) is 81.4 Å². The van der Waals surface area contributed by atoms with Gasteiger partial charge in [-0.3, -0.25) is 0 Å². The van der Waals surface area contributed by atoms with Gasteiger partial charge in [-0.25, -0.2) is 4.39 Å². The number of fused-ring (bicyclic) bond motifs is 1. The van der Waals surface area contributed by atoms with Crippen molar-refractivity contribution in [2.45, 2.75) is 77.6 Å². The Bertz CT molecular complexity index is 901. The molecular formula is C28H34FN. The van der Waals surface area contributed by atoms with Gasteiger partial charge in [0, 0.05) is 0 Å². The molecule has 0 bridgehead atoms. The molecule has 1 atom stereocenters. The Morgan fingerprint density at radius 3 is 2.40 bits per heavy atom. The van der Waals surface area contributed by atoms with Crippen LogP contribution in [0.2, 0.25) is 0 Å². The summed E-state index contributed by atoms with van der Waals surface area (Å²) in [5.74, 6) is 2.30. The lowest BCUT2D eigenvalue weighted by Gasteiger charge is -2.36. The van der Waals surface area contributed by atoms with Crippen LogP contribution in [0.4, 0.5) is 4.39 Å². The lowest BCUT2D eigenvalue weighted by Crippen LogP contribution is -2.26. The molecule has 2 aromatic carbocycles. The minimum absolute atomic E-state index is 0.111. The van der Waals surface area contributed by atoms with E-state index in [0.717, 1.165) is 35.3 Å². The highest BCUT2D eigenvalue weighted by Gasteiger charge is 2.30. The number of rotatable bonds is 6. The van der Waals surface area contributed by atoms with E-state index in [2.05, 4.69) is 25.1 Å². The molecular weight excluding hydrogens is 369 g/mol. The van der Waals surface area contributed by atoms with Gasteiger partial charge in [0.1, 0.15) is 11.9 Å². The Morgan fingerprint density at radius 1 is 0.900 bits per heavy atom. The fourth-order valence-corrected chi connectivity index (χ4v) is 5.78. The van der Waals surface area contributed by atoms with E-state index in [0.29, 0.717) is 0 Å². The maximum atomic E-state index is 14.0. The Labute approximate surface area is 181 Å². The normalized spacial score (nSPS) is 23.6. The largest absolute Gasteiger partial charge is 0.206 e. The third-order valence-electron chi connectivity index (χ3n) is 7.67. The topological polar surface area (TPSA) is 23.8 Å². The SMILES string of the molecule is CCCCCC1CCC(C2CCc3cc(-c4ccc(C#N)c(F)c4)ccc3C2)CC1. The highest BCUT2D eigenvalue weighted by Crippen LogP contribution is 2.41. The second-order valence-corrected chi connectivity index (χ2v) is 9.57. The first-order valence-electron chi connectivity index (χ1n) is 12.0. The number of nitrogens with zero attached hydrogens (tertiary/aromatic N) is 1. The molecule has 0 heterocycles. The maximum Gasteiger partial charge on any atom is 0.141 e. The highest BCUT2D eigenvalue weighted by atomic mass is 19.1. The smallest absolute Gasteiger partial charge is 0.141 e. The first-order chi connectivity index (χ1) is 14.7.